The number of fused-ring (bicyclic) bond motifs is 1. The molecule has 0 aromatic rings. The van der Waals surface area contributed by atoms with Crippen molar-refractivity contribution in [2.75, 3.05) is 0 Å². The maximum atomic E-state index is 12.7. The minimum atomic E-state index is -1.06. The number of hydrogen-bond acceptors (Lipinski definition) is 5. The molecule has 4 atom stereocenters. The van der Waals surface area contributed by atoms with Crippen LogP contribution in [0.3, 0.4) is 0 Å². The predicted octanol–water partition coefficient (Wildman–Crippen LogP) is 2.69. The summed E-state index contributed by atoms with van der Waals surface area (Å²) in [4.78, 5) is 37.0. The number of esters is 2. The highest BCUT2D eigenvalue weighted by Gasteiger charge is 2.67. The molecule has 2 saturated carbocycles. The Balaban J connectivity index is 2.01. The zero-order chi connectivity index (χ0) is 18.0. The van der Waals surface area contributed by atoms with E-state index in [4.69, 9.17) is 9.47 Å². The first-order chi connectivity index (χ1) is 10.9. The summed E-state index contributed by atoms with van der Waals surface area (Å²) in [7, 11) is 0. The first-order valence-electron chi connectivity index (χ1n) is 8.65. The molecular formula is C18H26O6. The first kappa shape index (κ1) is 17.2. The summed E-state index contributed by atoms with van der Waals surface area (Å²) >= 11 is 0. The van der Waals surface area contributed by atoms with Crippen molar-refractivity contribution in [1.82, 2.24) is 0 Å². The van der Waals surface area contributed by atoms with Crippen LogP contribution in [0.2, 0.25) is 0 Å². The van der Waals surface area contributed by atoms with Gasteiger partial charge in [-0.1, -0.05) is 6.92 Å². The largest absolute Gasteiger partial charge is 0.481 e. The average molecular weight is 338 g/mol. The van der Waals surface area contributed by atoms with E-state index in [0.29, 0.717) is 19.3 Å². The highest BCUT2D eigenvalue weighted by atomic mass is 16.6. The van der Waals surface area contributed by atoms with Crippen molar-refractivity contribution in [3.63, 3.8) is 0 Å². The highest BCUT2D eigenvalue weighted by molar-refractivity contribution is 5.82. The molecule has 24 heavy (non-hydrogen) atoms. The zero-order valence-corrected chi connectivity index (χ0v) is 14.8. The lowest BCUT2D eigenvalue weighted by Crippen LogP contribution is -2.59. The highest BCUT2D eigenvalue weighted by Crippen LogP contribution is 2.61. The molecule has 4 fully saturated rings. The minimum Gasteiger partial charge on any atom is -0.481 e. The second-order valence-corrected chi connectivity index (χ2v) is 8.90. The third-order valence-electron chi connectivity index (χ3n) is 6.20. The molecule has 134 valence electrons. The topological polar surface area (TPSA) is 89.9 Å². The van der Waals surface area contributed by atoms with Gasteiger partial charge in [-0.25, -0.2) is 0 Å². The number of carbonyl (C=O) groups excluding carboxylic acids is 2. The van der Waals surface area contributed by atoms with Crippen LogP contribution < -0.4 is 0 Å². The van der Waals surface area contributed by atoms with E-state index in [9.17, 15) is 19.5 Å². The van der Waals surface area contributed by atoms with Crippen LogP contribution in [-0.4, -0.2) is 34.2 Å². The lowest BCUT2D eigenvalue weighted by molar-refractivity contribution is -0.208. The van der Waals surface area contributed by atoms with Gasteiger partial charge in [-0.2, -0.15) is 0 Å². The Hall–Kier alpha value is -1.59. The Labute approximate surface area is 141 Å². The van der Waals surface area contributed by atoms with Crippen LogP contribution in [0, 0.1) is 16.7 Å². The summed E-state index contributed by atoms with van der Waals surface area (Å²) in [5.74, 6) is -2.13. The number of hydrogen-bond donors (Lipinski definition) is 1. The van der Waals surface area contributed by atoms with Gasteiger partial charge < -0.3 is 14.6 Å². The van der Waals surface area contributed by atoms with E-state index < -0.39 is 33.9 Å². The van der Waals surface area contributed by atoms with Crippen LogP contribution >= 0.6 is 0 Å². The fourth-order valence-corrected chi connectivity index (χ4v) is 4.88. The van der Waals surface area contributed by atoms with Crippen LogP contribution in [0.5, 0.6) is 0 Å². The third kappa shape index (κ3) is 2.50. The molecule has 2 heterocycles. The molecule has 6 heteroatoms. The molecule has 4 bridgehead atoms. The van der Waals surface area contributed by atoms with Crippen molar-refractivity contribution < 1.29 is 29.0 Å². The van der Waals surface area contributed by atoms with Crippen molar-refractivity contribution in [2.45, 2.75) is 77.4 Å². The number of carboxylic acid groups (broad SMARTS) is 1. The van der Waals surface area contributed by atoms with Crippen molar-refractivity contribution in [3.8, 4) is 0 Å². The van der Waals surface area contributed by atoms with E-state index >= 15 is 0 Å². The second-order valence-electron chi connectivity index (χ2n) is 8.90. The molecule has 6 nitrogen and oxygen atoms in total. The van der Waals surface area contributed by atoms with Gasteiger partial charge in [0.1, 0.15) is 11.2 Å². The van der Waals surface area contributed by atoms with Gasteiger partial charge in [-0.15, -0.1) is 0 Å². The molecule has 1 N–H and O–H groups in total. The lowest BCUT2D eigenvalue weighted by Gasteiger charge is -2.53. The van der Waals surface area contributed by atoms with E-state index in [1.807, 2.05) is 20.8 Å². The summed E-state index contributed by atoms with van der Waals surface area (Å²) in [5, 5.41) is 9.85. The smallest absolute Gasteiger partial charge is 0.312 e. The summed E-state index contributed by atoms with van der Waals surface area (Å²) in [6.07, 6.45) is 2.19. The molecule has 4 unspecified atom stereocenters. The Morgan fingerprint density at radius 2 is 1.96 bits per heavy atom. The number of rotatable bonds is 4. The quantitative estimate of drug-likeness (QED) is 0.793. The molecule has 0 amide bonds. The predicted molar refractivity (Wildman–Crippen MR) is 84.0 cm³/mol. The summed E-state index contributed by atoms with van der Waals surface area (Å²) in [5.41, 5.74) is -3.52. The SMILES string of the molecule is CCC(C)(C)C(=O)OC12CC3CC(C(=O)O)(CC(C)(C1)OC3=O)C2. The van der Waals surface area contributed by atoms with Crippen molar-refractivity contribution >= 4 is 17.9 Å². The summed E-state index contributed by atoms with van der Waals surface area (Å²) in [6.45, 7) is 7.32. The molecule has 4 rings (SSSR count). The Bertz CT molecular complexity index is 611. The van der Waals surface area contributed by atoms with Crippen molar-refractivity contribution in [3.05, 3.63) is 0 Å². The minimum absolute atomic E-state index is 0.267. The van der Waals surface area contributed by atoms with Gasteiger partial charge in [0.2, 0.25) is 0 Å². The maximum Gasteiger partial charge on any atom is 0.312 e. The van der Waals surface area contributed by atoms with Crippen LogP contribution in [0.15, 0.2) is 0 Å². The molecular weight excluding hydrogens is 312 g/mol. The van der Waals surface area contributed by atoms with E-state index in [-0.39, 0.29) is 31.2 Å². The fraction of sp³-hybridized carbons (Fsp3) is 0.833. The van der Waals surface area contributed by atoms with E-state index in [2.05, 4.69) is 0 Å². The molecule has 0 spiro atoms. The van der Waals surface area contributed by atoms with Gasteiger partial charge in [0, 0.05) is 25.7 Å². The monoisotopic (exact) mass is 338 g/mol. The van der Waals surface area contributed by atoms with Gasteiger partial charge in [0.15, 0.2) is 0 Å². The second kappa shape index (κ2) is 4.96. The van der Waals surface area contributed by atoms with Crippen molar-refractivity contribution in [2.24, 2.45) is 16.7 Å². The average Bonchev–Trinajstić information content (AvgIpc) is 2.56. The normalized spacial score (nSPS) is 40.8. The standard InChI is InChI=1S/C18H26O6/c1-5-15(2,3)14(22)24-18-7-11-6-17(10-18,13(20)21)8-16(4,9-18)23-12(11)19/h11H,5-10H2,1-4H3,(H,20,21). The third-order valence-corrected chi connectivity index (χ3v) is 6.20. The first-order valence-corrected chi connectivity index (χ1v) is 8.65. The zero-order valence-electron chi connectivity index (χ0n) is 14.8. The summed E-state index contributed by atoms with van der Waals surface area (Å²) in [6, 6.07) is 0. The Kier molecular flexibility index (Phi) is 3.56. The van der Waals surface area contributed by atoms with Crippen LogP contribution in [-0.2, 0) is 23.9 Å². The number of carboxylic acids is 1. The molecule has 2 saturated heterocycles. The van der Waals surface area contributed by atoms with E-state index in [0.717, 1.165) is 0 Å². The summed E-state index contributed by atoms with van der Waals surface area (Å²) < 4.78 is 11.6. The molecule has 2 aliphatic heterocycles. The number of aliphatic carboxylic acids is 1. The van der Waals surface area contributed by atoms with Crippen molar-refractivity contribution in [1.29, 1.82) is 0 Å². The fourth-order valence-electron chi connectivity index (χ4n) is 4.88. The van der Waals surface area contributed by atoms with Gasteiger partial charge in [-0.3, -0.25) is 14.4 Å². The van der Waals surface area contributed by atoms with E-state index in [1.165, 1.54) is 0 Å². The Morgan fingerprint density at radius 1 is 1.29 bits per heavy atom. The number of carbonyl (C=O) groups is 3. The molecule has 2 aliphatic carbocycles. The molecule has 0 radical (unpaired) electrons. The van der Waals surface area contributed by atoms with E-state index in [1.54, 1.807) is 6.92 Å². The van der Waals surface area contributed by atoms with Gasteiger partial charge in [0.25, 0.3) is 0 Å². The maximum absolute atomic E-state index is 12.7. The van der Waals surface area contributed by atoms with Crippen LogP contribution in [0.25, 0.3) is 0 Å². The molecule has 0 aromatic heterocycles. The number of ether oxygens (including phenoxy) is 2. The Morgan fingerprint density at radius 3 is 2.54 bits per heavy atom. The van der Waals surface area contributed by atoms with Gasteiger partial charge in [-0.05, 0) is 33.6 Å². The van der Waals surface area contributed by atoms with Crippen LogP contribution in [0.4, 0.5) is 0 Å². The lowest BCUT2D eigenvalue weighted by atomic mass is 9.54. The molecule has 0 aromatic carbocycles. The molecule has 4 aliphatic rings. The van der Waals surface area contributed by atoms with Gasteiger partial charge in [0.05, 0.1) is 16.7 Å². The van der Waals surface area contributed by atoms with Crippen LogP contribution in [0.1, 0.15) is 66.2 Å². The van der Waals surface area contributed by atoms with Gasteiger partial charge >= 0.3 is 17.9 Å².